The molecule has 0 heterocycles. The van der Waals surface area contributed by atoms with Gasteiger partial charge in [-0.1, -0.05) is 18.2 Å². The third kappa shape index (κ3) is 3.04. The van der Waals surface area contributed by atoms with E-state index in [-0.39, 0.29) is 5.56 Å². The summed E-state index contributed by atoms with van der Waals surface area (Å²) >= 11 is 0. The third-order valence-electron chi connectivity index (χ3n) is 2.63. The number of hydrogen-bond acceptors (Lipinski definition) is 3. The predicted octanol–water partition coefficient (Wildman–Crippen LogP) is 3.13. The summed E-state index contributed by atoms with van der Waals surface area (Å²) in [6, 6.07) is 11.6. The van der Waals surface area contributed by atoms with E-state index >= 15 is 0 Å². The van der Waals surface area contributed by atoms with E-state index in [4.69, 9.17) is 4.74 Å². The number of esters is 2. The summed E-state index contributed by atoms with van der Waals surface area (Å²) in [6.07, 6.45) is 0. The lowest BCUT2D eigenvalue weighted by Crippen LogP contribution is -2.13. The fourth-order valence-electron chi connectivity index (χ4n) is 1.59. The molecule has 0 spiro atoms. The molecule has 0 saturated heterocycles. The molecule has 0 N–H and O–H groups in total. The average Bonchev–Trinajstić information content (AvgIpc) is 2.39. The molecule has 2 aromatic rings. The zero-order valence-corrected chi connectivity index (χ0v) is 10.2. The summed E-state index contributed by atoms with van der Waals surface area (Å²) in [6.45, 7) is 1.75. The van der Waals surface area contributed by atoms with Gasteiger partial charge in [0.25, 0.3) is 0 Å². The third-order valence-corrected chi connectivity index (χ3v) is 2.63. The lowest BCUT2D eigenvalue weighted by Gasteiger charge is -2.05. The highest BCUT2D eigenvalue weighted by Crippen LogP contribution is 2.11. The first-order chi connectivity index (χ1) is 9.08. The van der Waals surface area contributed by atoms with Gasteiger partial charge in [0.05, 0.1) is 11.1 Å². The second kappa shape index (κ2) is 5.44. The van der Waals surface area contributed by atoms with Crippen molar-refractivity contribution in [3.05, 3.63) is 71.0 Å². The normalized spacial score (nSPS) is 10.0. The van der Waals surface area contributed by atoms with E-state index in [1.807, 2.05) is 0 Å². The lowest BCUT2D eigenvalue weighted by atomic mass is 10.1. The Morgan fingerprint density at radius 2 is 1.58 bits per heavy atom. The van der Waals surface area contributed by atoms with Gasteiger partial charge in [-0.05, 0) is 42.8 Å². The summed E-state index contributed by atoms with van der Waals surface area (Å²) in [5.41, 5.74) is 1.18. The molecular weight excluding hydrogens is 247 g/mol. The van der Waals surface area contributed by atoms with Crippen LogP contribution in [0.2, 0.25) is 0 Å². The molecule has 2 aromatic carbocycles. The minimum absolute atomic E-state index is 0.128. The number of aryl methyl sites for hydroxylation is 1. The molecule has 0 amide bonds. The van der Waals surface area contributed by atoms with Crippen molar-refractivity contribution in [2.24, 2.45) is 0 Å². The Bertz CT molecular complexity index is 618. The minimum atomic E-state index is -0.798. The lowest BCUT2D eigenvalue weighted by molar-refractivity contribution is 0.0397. The van der Waals surface area contributed by atoms with Gasteiger partial charge >= 0.3 is 11.9 Å². The van der Waals surface area contributed by atoms with Crippen LogP contribution < -0.4 is 0 Å². The zero-order chi connectivity index (χ0) is 13.8. The number of rotatable bonds is 2. The molecule has 2 rings (SSSR count). The SMILES string of the molecule is Cc1ccccc1C(=O)OC(=O)c1ccc(F)cc1. The van der Waals surface area contributed by atoms with Crippen LogP contribution in [0, 0.1) is 12.7 Å². The molecule has 96 valence electrons. The first kappa shape index (κ1) is 13.0. The Morgan fingerprint density at radius 1 is 0.947 bits per heavy atom. The van der Waals surface area contributed by atoms with Crippen LogP contribution in [-0.2, 0) is 4.74 Å². The summed E-state index contributed by atoms with van der Waals surface area (Å²) < 4.78 is 17.5. The van der Waals surface area contributed by atoms with Crippen LogP contribution in [0.25, 0.3) is 0 Å². The van der Waals surface area contributed by atoms with Crippen molar-refractivity contribution >= 4 is 11.9 Å². The topological polar surface area (TPSA) is 43.4 Å². The van der Waals surface area contributed by atoms with Crippen molar-refractivity contribution in [3.8, 4) is 0 Å². The van der Waals surface area contributed by atoms with Gasteiger partial charge in [-0.15, -0.1) is 0 Å². The summed E-state index contributed by atoms with van der Waals surface area (Å²) in [4.78, 5) is 23.5. The van der Waals surface area contributed by atoms with Crippen LogP contribution >= 0.6 is 0 Å². The Morgan fingerprint density at radius 3 is 2.21 bits per heavy atom. The maximum absolute atomic E-state index is 12.7. The van der Waals surface area contributed by atoms with E-state index in [1.54, 1.807) is 31.2 Å². The van der Waals surface area contributed by atoms with Gasteiger partial charge < -0.3 is 4.74 Å². The maximum Gasteiger partial charge on any atom is 0.346 e. The van der Waals surface area contributed by atoms with Crippen LogP contribution in [0.4, 0.5) is 4.39 Å². The first-order valence-electron chi connectivity index (χ1n) is 5.65. The first-order valence-corrected chi connectivity index (χ1v) is 5.65. The fourth-order valence-corrected chi connectivity index (χ4v) is 1.59. The van der Waals surface area contributed by atoms with Gasteiger partial charge in [-0.3, -0.25) is 0 Å². The Balaban J connectivity index is 2.13. The summed E-state index contributed by atoms with van der Waals surface area (Å²) in [5, 5.41) is 0. The van der Waals surface area contributed by atoms with Crippen molar-refractivity contribution in [1.29, 1.82) is 0 Å². The maximum atomic E-state index is 12.7. The largest absolute Gasteiger partial charge is 0.386 e. The number of halogens is 1. The van der Waals surface area contributed by atoms with E-state index in [2.05, 4.69) is 0 Å². The molecule has 0 atom stereocenters. The van der Waals surface area contributed by atoms with Crippen molar-refractivity contribution in [2.75, 3.05) is 0 Å². The molecule has 3 nitrogen and oxygen atoms in total. The molecule has 0 fully saturated rings. The second-order valence-corrected chi connectivity index (χ2v) is 4.00. The summed E-state index contributed by atoms with van der Waals surface area (Å²) in [5.74, 6) is -1.97. The van der Waals surface area contributed by atoms with E-state index in [1.165, 1.54) is 12.1 Å². The molecule has 0 saturated carbocycles. The monoisotopic (exact) mass is 258 g/mol. The Hall–Kier alpha value is -2.49. The van der Waals surface area contributed by atoms with E-state index in [0.717, 1.165) is 17.7 Å². The standard InChI is InChI=1S/C15H11FO3/c1-10-4-2-3-5-13(10)15(18)19-14(17)11-6-8-12(16)9-7-11/h2-9H,1H3. The molecule has 4 heteroatoms. The molecule has 0 aliphatic heterocycles. The van der Waals surface area contributed by atoms with Crippen molar-refractivity contribution in [1.82, 2.24) is 0 Å². The molecule has 0 bridgehead atoms. The van der Waals surface area contributed by atoms with Crippen LogP contribution in [0.3, 0.4) is 0 Å². The number of ether oxygens (including phenoxy) is 1. The molecular formula is C15H11FO3. The van der Waals surface area contributed by atoms with Crippen LogP contribution in [-0.4, -0.2) is 11.9 Å². The number of carbonyl (C=O) groups excluding carboxylic acids is 2. The highest BCUT2D eigenvalue weighted by atomic mass is 19.1. The molecule has 0 aliphatic carbocycles. The van der Waals surface area contributed by atoms with Gasteiger partial charge in [0, 0.05) is 0 Å². The van der Waals surface area contributed by atoms with Crippen LogP contribution in [0.1, 0.15) is 26.3 Å². The molecule has 0 unspecified atom stereocenters. The summed E-state index contributed by atoms with van der Waals surface area (Å²) in [7, 11) is 0. The smallest absolute Gasteiger partial charge is 0.346 e. The predicted molar refractivity (Wildman–Crippen MR) is 67.3 cm³/mol. The number of carbonyl (C=O) groups is 2. The van der Waals surface area contributed by atoms with Gasteiger partial charge in [0.1, 0.15) is 5.82 Å². The van der Waals surface area contributed by atoms with E-state index in [9.17, 15) is 14.0 Å². The highest BCUT2D eigenvalue weighted by molar-refractivity contribution is 6.03. The number of hydrogen-bond donors (Lipinski definition) is 0. The Kier molecular flexibility index (Phi) is 3.71. The van der Waals surface area contributed by atoms with Crippen molar-refractivity contribution < 1.29 is 18.7 Å². The molecule has 19 heavy (non-hydrogen) atoms. The van der Waals surface area contributed by atoms with E-state index in [0.29, 0.717) is 5.56 Å². The fraction of sp³-hybridized carbons (Fsp3) is 0.0667. The Labute approximate surface area is 109 Å². The van der Waals surface area contributed by atoms with Crippen LogP contribution in [0.5, 0.6) is 0 Å². The van der Waals surface area contributed by atoms with Gasteiger partial charge in [-0.2, -0.15) is 0 Å². The van der Waals surface area contributed by atoms with Gasteiger partial charge in [-0.25, -0.2) is 14.0 Å². The van der Waals surface area contributed by atoms with Crippen molar-refractivity contribution in [3.63, 3.8) is 0 Å². The van der Waals surface area contributed by atoms with Gasteiger partial charge in [0.2, 0.25) is 0 Å². The van der Waals surface area contributed by atoms with Gasteiger partial charge in [0.15, 0.2) is 0 Å². The van der Waals surface area contributed by atoms with Crippen LogP contribution in [0.15, 0.2) is 48.5 Å². The quantitative estimate of drug-likeness (QED) is 0.614. The number of benzene rings is 2. The molecule has 0 radical (unpaired) electrons. The average molecular weight is 258 g/mol. The minimum Gasteiger partial charge on any atom is -0.386 e. The molecule has 0 aromatic heterocycles. The highest BCUT2D eigenvalue weighted by Gasteiger charge is 2.16. The van der Waals surface area contributed by atoms with Crippen molar-refractivity contribution in [2.45, 2.75) is 6.92 Å². The van der Waals surface area contributed by atoms with E-state index < -0.39 is 17.8 Å². The zero-order valence-electron chi connectivity index (χ0n) is 10.2. The molecule has 0 aliphatic rings. The second-order valence-electron chi connectivity index (χ2n) is 4.00.